The second-order valence-electron chi connectivity index (χ2n) is 3.60. The van der Waals surface area contributed by atoms with Crippen molar-refractivity contribution in [1.82, 2.24) is 0 Å². The molecule has 17 heavy (non-hydrogen) atoms. The number of halogens is 3. The van der Waals surface area contributed by atoms with Gasteiger partial charge in [0.1, 0.15) is 11.9 Å². The molecule has 0 bridgehead atoms. The Bertz CT molecular complexity index is 540. The van der Waals surface area contributed by atoms with Crippen LogP contribution in [0.25, 0.3) is 0 Å². The van der Waals surface area contributed by atoms with E-state index in [1.807, 2.05) is 0 Å². The van der Waals surface area contributed by atoms with Crippen LogP contribution >= 0.6 is 0 Å². The molecular weight excluding hydrogens is 229 g/mol. The monoisotopic (exact) mass is 238 g/mol. The van der Waals surface area contributed by atoms with Crippen LogP contribution in [-0.4, -0.2) is 5.11 Å². The topological polar surface area (TPSA) is 20.2 Å². The molecule has 0 fully saturated rings. The van der Waals surface area contributed by atoms with Crippen molar-refractivity contribution in [2.24, 2.45) is 0 Å². The number of hydrogen-bond donors (Lipinski definition) is 1. The predicted octanol–water partition coefficient (Wildman–Crippen LogP) is 3.19. The summed E-state index contributed by atoms with van der Waals surface area (Å²) in [5, 5.41) is 9.85. The van der Waals surface area contributed by atoms with Gasteiger partial charge in [0.25, 0.3) is 0 Å². The molecule has 4 heteroatoms. The Morgan fingerprint density at radius 1 is 0.941 bits per heavy atom. The van der Waals surface area contributed by atoms with Gasteiger partial charge in [-0.05, 0) is 23.8 Å². The molecule has 0 saturated heterocycles. The van der Waals surface area contributed by atoms with Gasteiger partial charge in [0.2, 0.25) is 0 Å². The molecule has 1 atom stereocenters. The lowest BCUT2D eigenvalue weighted by Crippen LogP contribution is -2.04. The molecule has 2 rings (SSSR count). The largest absolute Gasteiger partial charge is 0.384 e. The molecule has 0 saturated carbocycles. The van der Waals surface area contributed by atoms with E-state index in [4.69, 9.17) is 0 Å². The summed E-state index contributed by atoms with van der Waals surface area (Å²) in [5.74, 6) is -2.71. The van der Waals surface area contributed by atoms with Crippen molar-refractivity contribution < 1.29 is 18.3 Å². The Morgan fingerprint density at radius 3 is 2.35 bits per heavy atom. The van der Waals surface area contributed by atoms with Crippen LogP contribution in [0.3, 0.4) is 0 Å². The van der Waals surface area contributed by atoms with Gasteiger partial charge in [-0.1, -0.05) is 24.3 Å². The lowest BCUT2D eigenvalue weighted by molar-refractivity contribution is 0.213. The van der Waals surface area contributed by atoms with Crippen LogP contribution in [0, 0.1) is 17.5 Å². The van der Waals surface area contributed by atoms with Crippen molar-refractivity contribution in [1.29, 1.82) is 0 Å². The summed E-state index contributed by atoms with van der Waals surface area (Å²) in [6, 6.07) is 8.62. The second-order valence-corrected chi connectivity index (χ2v) is 3.60. The fourth-order valence-electron chi connectivity index (χ4n) is 1.59. The first-order valence-corrected chi connectivity index (χ1v) is 4.97. The highest BCUT2D eigenvalue weighted by Gasteiger charge is 2.17. The molecule has 0 aliphatic heterocycles. The predicted molar refractivity (Wildman–Crippen MR) is 56.8 cm³/mol. The lowest BCUT2D eigenvalue weighted by Gasteiger charge is -2.12. The maximum atomic E-state index is 13.4. The number of rotatable bonds is 2. The van der Waals surface area contributed by atoms with Crippen molar-refractivity contribution in [3.8, 4) is 0 Å². The van der Waals surface area contributed by atoms with Gasteiger partial charge in [-0.2, -0.15) is 0 Å². The molecule has 0 aliphatic carbocycles. The molecule has 0 spiro atoms. The average molecular weight is 238 g/mol. The Labute approximate surface area is 96.1 Å². The standard InChI is InChI=1S/C13H9F3O/c14-9-4-1-3-8(7-9)13(17)10-5-2-6-11(15)12(10)16/h1-7,13,17H. The van der Waals surface area contributed by atoms with Crippen LogP contribution < -0.4 is 0 Å². The summed E-state index contributed by atoms with van der Waals surface area (Å²) in [6.45, 7) is 0. The van der Waals surface area contributed by atoms with Crippen molar-refractivity contribution >= 4 is 0 Å². The minimum absolute atomic E-state index is 0.175. The number of aliphatic hydroxyl groups is 1. The molecule has 0 aliphatic rings. The minimum Gasteiger partial charge on any atom is -0.384 e. The zero-order chi connectivity index (χ0) is 12.4. The van der Waals surface area contributed by atoms with Gasteiger partial charge in [0, 0.05) is 5.56 Å². The Hall–Kier alpha value is -1.81. The SMILES string of the molecule is OC(c1cccc(F)c1)c1cccc(F)c1F. The van der Waals surface area contributed by atoms with Gasteiger partial charge in [0.05, 0.1) is 0 Å². The zero-order valence-electron chi connectivity index (χ0n) is 8.70. The van der Waals surface area contributed by atoms with Crippen molar-refractivity contribution in [2.75, 3.05) is 0 Å². The molecule has 2 aromatic rings. The van der Waals surface area contributed by atoms with Gasteiger partial charge in [0.15, 0.2) is 11.6 Å². The van der Waals surface area contributed by atoms with Gasteiger partial charge in [-0.25, -0.2) is 13.2 Å². The normalized spacial score (nSPS) is 12.5. The first-order chi connectivity index (χ1) is 8.09. The first-order valence-electron chi connectivity index (χ1n) is 4.97. The van der Waals surface area contributed by atoms with E-state index in [9.17, 15) is 18.3 Å². The van der Waals surface area contributed by atoms with Crippen LogP contribution in [-0.2, 0) is 0 Å². The Balaban J connectivity index is 2.44. The van der Waals surface area contributed by atoms with Gasteiger partial charge in [-0.15, -0.1) is 0 Å². The van der Waals surface area contributed by atoms with E-state index in [0.29, 0.717) is 0 Å². The summed E-state index contributed by atoms with van der Waals surface area (Å²) in [7, 11) is 0. The Kier molecular flexibility index (Phi) is 3.15. The molecule has 88 valence electrons. The van der Waals surface area contributed by atoms with E-state index < -0.39 is 23.6 Å². The van der Waals surface area contributed by atoms with Gasteiger partial charge < -0.3 is 5.11 Å². The van der Waals surface area contributed by atoms with E-state index in [1.54, 1.807) is 0 Å². The maximum Gasteiger partial charge on any atom is 0.164 e. The number of hydrogen-bond acceptors (Lipinski definition) is 1. The third kappa shape index (κ3) is 2.31. The summed E-state index contributed by atoms with van der Waals surface area (Å²) in [5.41, 5.74) is -0.0369. The molecule has 1 nitrogen and oxygen atoms in total. The van der Waals surface area contributed by atoms with Crippen LogP contribution in [0.1, 0.15) is 17.2 Å². The average Bonchev–Trinajstić information content (AvgIpc) is 2.32. The van der Waals surface area contributed by atoms with Gasteiger partial charge in [-0.3, -0.25) is 0 Å². The quantitative estimate of drug-likeness (QED) is 0.851. The molecule has 1 unspecified atom stereocenters. The molecule has 0 heterocycles. The Morgan fingerprint density at radius 2 is 1.65 bits per heavy atom. The molecule has 2 aromatic carbocycles. The van der Waals surface area contributed by atoms with E-state index in [2.05, 4.69) is 0 Å². The third-order valence-electron chi connectivity index (χ3n) is 2.44. The fraction of sp³-hybridized carbons (Fsp3) is 0.0769. The molecule has 0 aromatic heterocycles. The number of benzene rings is 2. The minimum atomic E-state index is -1.39. The highest BCUT2D eigenvalue weighted by Crippen LogP contribution is 2.25. The van der Waals surface area contributed by atoms with Crippen LogP contribution in [0.5, 0.6) is 0 Å². The van der Waals surface area contributed by atoms with Crippen LogP contribution in [0.4, 0.5) is 13.2 Å². The van der Waals surface area contributed by atoms with Crippen molar-refractivity contribution in [2.45, 2.75) is 6.10 Å². The third-order valence-corrected chi connectivity index (χ3v) is 2.44. The highest BCUT2D eigenvalue weighted by atomic mass is 19.2. The number of aliphatic hydroxyl groups excluding tert-OH is 1. The van der Waals surface area contributed by atoms with E-state index >= 15 is 0 Å². The van der Waals surface area contributed by atoms with Gasteiger partial charge >= 0.3 is 0 Å². The summed E-state index contributed by atoms with van der Waals surface area (Å²) in [6.07, 6.45) is -1.39. The summed E-state index contributed by atoms with van der Waals surface area (Å²) < 4.78 is 39.3. The van der Waals surface area contributed by atoms with Crippen LogP contribution in [0.15, 0.2) is 42.5 Å². The zero-order valence-corrected chi connectivity index (χ0v) is 8.70. The molecule has 0 amide bonds. The first kappa shape index (κ1) is 11.7. The fourth-order valence-corrected chi connectivity index (χ4v) is 1.59. The van der Waals surface area contributed by atoms with E-state index in [1.165, 1.54) is 30.3 Å². The summed E-state index contributed by atoms with van der Waals surface area (Å²) >= 11 is 0. The smallest absolute Gasteiger partial charge is 0.164 e. The second kappa shape index (κ2) is 4.59. The van der Waals surface area contributed by atoms with E-state index in [-0.39, 0.29) is 11.1 Å². The lowest BCUT2D eigenvalue weighted by atomic mass is 10.0. The maximum absolute atomic E-state index is 13.4. The summed E-state index contributed by atoms with van der Waals surface area (Å²) in [4.78, 5) is 0. The van der Waals surface area contributed by atoms with Crippen molar-refractivity contribution in [3.05, 3.63) is 71.0 Å². The van der Waals surface area contributed by atoms with Crippen molar-refractivity contribution in [3.63, 3.8) is 0 Å². The molecule has 1 N–H and O–H groups in total. The molecule has 0 radical (unpaired) electrons. The highest BCUT2D eigenvalue weighted by molar-refractivity contribution is 5.31. The molecular formula is C13H9F3O. The van der Waals surface area contributed by atoms with Crippen LogP contribution in [0.2, 0.25) is 0 Å². The van der Waals surface area contributed by atoms with E-state index in [0.717, 1.165) is 12.1 Å².